The first-order valence-electron chi connectivity index (χ1n) is 5.93. The molecule has 0 spiro atoms. The van der Waals surface area contributed by atoms with Crippen LogP contribution < -0.4 is 16.0 Å². The molecule has 4 N–H and O–H groups in total. The Morgan fingerprint density at radius 2 is 2.17 bits per heavy atom. The Hall–Kier alpha value is -1.63. The van der Waals surface area contributed by atoms with Crippen LogP contribution >= 0.6 is 0 Å². The molecule has 1 aliphatic rings. The lowest BCUT2D eigenvalue weighted by Gasteiger charge is -2.25. The van der Waals surface area contributed by atoms with Gasteiger partial charge in [-0.25, -0.2) is 4.79 Å². The molecule has 1 unspecified atom stereocenters. The minimum absolute atomic E-state index is 0.0694. The number of amides is 2. The minimum Gasteiger partial charge on any atom is -0.480 e. The lowest BCUT2D eigenvalue weighted by Crippen LogP contribution is -2.59. The van der Waals surface area contributed by atoms with E-state index in [0.29, 0.717) is 6.42 Å². The van der Waals surface area contributed by atoms with Crippen LogP contribution in [0.1, 0.15) is 20.3 Å². The molecule has 0 radical (unpaired) electrons. The smallest absolute Gasteiger partial charge is 0.326 e. The van der Waals surface area contributed by atoms with Crippen LogP contribution in [-0.2, 0) is 14.4 Å². The van der Waals surface area contributed by atoms with E-state index >= 15 is 0 Å². The summed E-state index contributed by atoms with van der Waals surface area (Å²) in [5, 5.41) is 16.8. The molecule has 7 nitrogen and oxygen atoms in total. The lowest BCUT2D eigenvalue weighted by atomic mass is 10.0. The van der Waals surface area contributed by atoms with Crippen molar-refractivity contribution < 1.29 is 19.5 Å². The second-order valence-corrected chi connectivity index (χ2v) is 4.77. The molecule has 1 heterocycles. The van der Waals surface area contributed by atoms with Gasteiger partial charge in [-0.3, -0.25) is 14.9 Å². The molecular weight excluding hydrogens is 238 g/mol. The number of rotatable bonds is 5. The summed E-state index contributed by atoms with van der Waals surface area (Å²) in [4.78, 5) is 33.7. The molecule has 102 valence electrons. The number of hydrogen-bond donors (Lipinski definition) is 4. The van der Waals surface area contributed by atoms with Gasteiger partial charge in [-0.15, -0.1) is 0 Å². The number of carbonyl (C=O) groups is 3. The van der Waals surface area contributed by atoms with Gasteiger partial charge in [0.05, 0.1) is 6.54 Å². The maximum absolute atomic E-state index is 11.8. The third kappa shape index (κ3) is 4.33. The summed E-state index contributed by atoms with van der Waals surface area (Å²) in [5.41, 5.74) is 0. The van der Waals surface area contributed by atoms with Crippen molar-refractivity contribution >= 4 is 17.8 Å². The number of piperazine rings is 1. The van der Waals surface area contributed by atoms with Crippen LogP contribution in [0.4, 0.5) is 0 Å². The molecule has 0 aromatic heterocycles. The van der Waals surface area contributed by atoms with Gasteiger partial charge in [0.25, 0.3) is 0 Å². The third-order valence-corrected chi connectivity index (χ3v) is 2.65. The summed E-state index contributed by atoms with van der Waals surface area (Å²) < 4.78 is 0. The minimum atomic E-state index is -1.04. The maximum atomic E-state index is 11.8. The van der Waals surface area contributed by atoms with Crippen LogP contribution in [0.25, 0.3) is 0 Å². The normalized spacial score (nSPS) is 21.3. The molecule has 0 aliphatic carbocycles. The maximum Gasteiger partial charge on any atom is 0.326 e. The Kier molecular flexibility index (Phi) is 5.08. The third-order valence-electron chi connectivity index (χ3n) is 2.65. The first kappa shape index (κ1) is 14.4. The van der Waals surface area contributed by atoms with Crippen molar-refractivity contribution in [2.75, 3.05) is 13.1 Å². The summed E-state index contributed by atoms with van der Waals surface area (Å²) in [6, 6.07) is -1.46. The Morgan fingerprint density at radius 3 is 2.61 bits per heavy atom. The van der Waals surface area contributed by atoms with Gasteiger partial charge in [-0.1, -0.05) is 13.8 Å². The average Bonchev–Trinajstić information content (AvgIpc) is 2.28. The number of aliphatic carboxylic acids is 1. The Morgan fingerprint density at radius 1 is 1.50 bits per heavy atom. The quantitative estimate of drug-likeness (QED) is 0.489. The fourth-order valence-electron chi connectivity index (χ4n) is 1.72. The molecule has 1 aliphatic heterocycles. The van der Waals surface area contributed by atoms with E-state index in [9.17, 15) is 14.4 Å². The van der Waals surface area contributed by atoms with Gasteiger partial charge in [0.1, 0.15) is 12.1 Å². The summed E-state index contributed by atoms with van der Waals surface area (Å²) >= 11 is 0. The van der Waals surface area contributed by atoms with E-state index in [-0.39, 0.29) is 24.9 Å². The van der Waals surface area contributed by atoms with E-state index in [4.69, 9.17) is 5.11 Å². The van der Waals surface area contributed by atoms with Gasteiger partial charge in [0, 0.05) is 6.54 Å². The first-order chi connectivity index (χ1) is 8.40. The van der Waals surface area contributed by atoms with E-state index in [1.54, 1.807) is 0 Å². The molecule has 1 fully saturated rings. The fraction of sp³-hybridized carbons (Fsp3) is 0.727. The van der Waals surface area contributed by atoms with Gasteiger partial charge >= 0.3 is 5.97 Å². The van der Waals surface area contributed by atoms with Crippen LogP contribution in [-0.4, -0.2) is 48.1 Å². The number of carbonyl (C=O) groups excluding carboxylic acids is 2. The highest BCUT2D eigenvalue weighted by atomic mass is 16.4. The van der Waals surface area contributed by atoms with Crippen LogP contribution in [0.2, 0.25) is 0 Å². The fourth-order valence-corrected chi connectivity index (χ4v) is 1.72. The number of carboxylic acids is 1. The van der Waals surface area contributed by atoms with E-state index in [1.165, 1.54) is 0 Å². The van der Waals surface area contributed by atoms with Gasteiger partial charge in [0.2, 0.25) is 11.8 Å². The molecule has 0 bridgehead atoms. The van der Waals surface area contributed by atoms with Gasteiger partial charge in [-0.2, -0.15) is 0 Å². The number of hydrogen-bond acceptors (Lipinski definition) is 4. The van der Waals surface area contributed by atoms with Crippen LogP contribution in [0.5, 0.6) is 0 Å². The van der Waals surface area contributed by atoms with Gasteiger partial charge < -0.3 is 15.7 Å². The zero-order valence-electron chi connectivity index (χ0n) is 10.5. The van der Waals surface area contributed by atoms with E-state index < -0.39 is 24.0 Å². The van der Waals surface area contributed by atoms with Crippen molar-refractivity contribution in [1.82, 2.24) is 16.0 Å². The van der Waals surface area contributed by atoms with E-state index in [1.807, 2.05) is 13.8 Å². The Bertz CT molecular complexity index is 333. The Labute approximate surface area is 105 Å². The molecule has 0 aromatic carbocycles. The predicted octanol–water partition coefficient (Wildman–Crippen LogP) is -1.31. The highest BCUT2D eigenvalue weighted by Gasteiger charge is 2.28. The molecular formula is C11H19N3O4. The zero-order chi connectivity index (χ0) is 13.7. The molecule has 18 heavy (non-hydrogen) atoms. The lowest BCUT2D eigenvalue weighted by molar-refractivity contribution is -0.142. The van der Waals surface area contributed by atoms with Crippen molar-refractivity contribution in [3.05, 3.63) is 0 Å². The van der Waals surface area contributed by atoms with Crippen molar-refractivity contribution in [3.8, 4) is 0 Å². The van der Waals surface area contributed by atoms with Gasteiger partial charge in [-0.05, 0) is 12.3 Å². The molecule has 0 saturated carbocycles. The topological polar surface area (TPSA) is 108 Å². The van der Waals surface area contributed by atoms with E-state index in [0.717, 1.165) is 0 Å². The SMILES string of the molecule is CC(C)C[C@H](NC(=O)C1CNC(=O)CN1)C(=O)O. The standard InChI is InChI=1S/C11H19N3O4/c1-6(2)3-7(11(17)18)14-10(16)8-4-13-9(15)5-12-8/h6-8,12H,3-5H2,1-2H3,(H,13,15)(H,14,16)(H,17,18)/t7-,8?/m0/s1. The van der Waals surface area contributed by atoms with Crippen molar-refractivity contribution in [1.29, 1.82) is 0 Å². The molecule has 0 aromatic rings. The van der Waals surface area contributed by atoms with Crippen LogP contribution in [0.15, 0.2) is 0 Å². The molecule has 2 atom stereocenters. The largest absolute Gasteiger partial charge is 0.480 e. The summed E-state index contributed by atoms with van der Waals surface area (Å²) in [6.07, 6.45) is 0.375. The monoisotopic (exact) mass is 257 g/mol. The van der Waals surface area contributed by atoms with Crippen LogP contribution in [0.3, 0.4) is 0 Å². The molecule has 7 heteroatoms. The first-order valence-corrected chi connectivity index (χ1v) is 5.93. The van der Waals surface area contributed by atoms with Crippen molar-refractivity contribution in [2.24, 2.45) is 5.92 Å². The molecule has 1 rings (SSSR count). The zero-order valence-corrected chi connectivity index (χ0v) is 10.5. The summed E-state index contributed by atoms with van der Waals surface area (Å²) in [6.45, 7) is 4.03. The van der Waals surface area contributed by atoms with E-state index in [2.05, 4.69) is 16.0 Å². The van der Waals surface area contributed by atoms with Gasteiger partial charge in [0.15, 0.2) is 0 Å². The highest BCUT2D eigenvalue weighted by Crippen LogP contribution is 2.05. The predicted molar refractivity (Wildman–Crippen MR) is 63.8 cm³/mol. The highest BCUT2D eigenvalue weighted by molar-refractivity contribution is 5.89. The average molecular weight is 257 g/mol. The summed E-state index contributed by atoms with van der Waals surface area (Å²) in [5.74, 6) is -1.44. The molecule has 1 saturated heterocycles. The second-order valence-electron chi connectivity index (χ2n) is 4.77. The Balaban J connectivity index is 2.50. The number of carboxylic acid groups (broad SMARTS) is 1. The van der Waals surface area contributed by atoms with Crippen molar-refractivity contribution in [3.63, 3.8) is 0 Å². The van der Waals surface area contributed by atoms with Crippen molar-refractivity contribution in [2.45, 2.75) is 32.4 Å². The summed E-state index contributed by atoms with van der Waals surface area (Å²) in [7, 11) is 0. The second kappa shape index (κ2) is 6.34. The molecule has 2 amide bonds. The number of nitrogens with one attached hydrogen (secondary N) is 3. The van der Waals surface area contributed by atoms with Crippen LogP contribution in [0, 0.1) is 5.92 Å².